The summed E-state index contributed by atoms with van der Waals surface area (Å²) in [5.74, 6) is -0.561. The third-order valence-corrected chi connectivity index (χ3v) is 10.8. The minimum Gasteiger partial charge on any atom is -0.455 e. The van der Waals surface area contributed by atoms with E-state index in [2.05, 4.69) is 41.0 Å². The van der Waals surface area contributed by atoms with Gasteiger partial charge in [0.2, 0.25) is 0 Å². The maximum atomic E-state index is 9.51. The average molecular weight is 596 g/mol. The van der Waals surface area contributed by atoms with Crippen molar-refractivity contribution in [1.82, 2.24) is 9.55 Å². The summed E-state index contributed by atoms with van der Waals surface area (Å²) >= 11 is 0. The van der Waals surface area contributed by atoms with E-state index in [-0.39, 0.29) is 16.7 Å². The molecule has 2 saturated carbocycles. The normalized spacial score (nSPS) is 20.8. The molecule has 3 heteroatoms. The summed E-state index contributed by atoms with van der Waals surface area (Å²) < 4.78 is 66.7. The molecule has 0 atom stereocenters. The van der Waals surface area contributed by atoms with Gasteiger partial charge in [-0.25, -0.2) is 0 Å². The molecule has 0 amide bonds. The van der Waals surface area contributed by atoms with Crippen LogP contribution < -0.4 is 0 Å². The Bertz CT molecular complexity index is 2490. The Morgan fingerprint density at radius 2 is 1.58 bits per heavy atom. The van der Waals surface area contributed by atoms with Crippen LogP contribution in [-0.4, -0.2) is 9.55 Å². The molecule has 3 heterocycles. The molecular weight excluding hydrogens is 548 g/mol. The van der Waals surface area contributed by atoms with Gasteiger partial charge >= 0.3 is 0 Å². The van der Waals surface area contributed by atoms with Gasteiger partial charge in [-0.15, -0.1) is 0 Å². The Labute approximate surface area is 274 Å². The Kier molecular flexibility index (Phi) is 4.74. The number of hydrogen-bond donors (Lipinski definition) is 0. The zero-order valence-corrected chi connectivity index (χ0v) is 25.3. The van der Waals surface area contributed by atoms with Crippen LogP contribution in [0.3, 0.4) is 0 Å². The van der Waals surface area contributed by atoms with E-state index in [1.54, 1.807) is 0 Å². The molecular formula is C42H40N2O. The van der Waals surface area contributed by atoms with Crippen LogP contribution in [0.15, 0.2) is 95.5 Å². The SMILES string of the molecule is [2H]C([2H])([2H])c1cc(C([2H])([2H])[2H])c2oc3c(-c4cc5c(cn4)c4ccccc4n5-c4ccc(C5([2H])CCC6(CCCCC6)CC5)cc4)cccc3c2c1. The second kappa shape index (κ2) is 10.3. The molecule has 4 aromatic carbocycles. The predicted octanol–water partition coefficient (Wildman–Crippen LogP) is 12.0. The molecule has 1 spiro atoms. The van der Waals surface area contributed by atoms with Gasteiger partial charge in [0, 0.05) is 48.6 Å². The molecule has 0 bridgehead atoms. The van der Waals surface area contributed by atoms with E-state index in [1.165, 1.54) is 44.2 Å². The zero-order valence-electron chi connectivity index (χ0n) is 32.3. The fraction of sp³-hybridized carbons (Fsp3) is 0.310. The van der Waals surface area contributed by atoms with Gasteiger partial charge in [-0.3, -0.25) is 4.98 Å². The van der Waals surface area contributed by atoms with Gasteiger partial charge in [0.1, 0.15) is 11.2 Å². The van der Waals surface area contributed by atoms with Crippen molar-refractivity contribution < 1.29 is 14.0 Å². The Morgan fingerprint density at radius 1 is 0.756 bits per heavy atom. The van der Waals surface area contributed by atoms with Crippen LogP contribution in [0.25, 0.3) is 60.7 Å². The first-order chi connectivity index (χ1) is 24.8. The summed E-state index contributed by atoms with van der Waals surface area (Å²) in [7, 11) is 0. The molecule has 45 heavy (non-hydrogen) atoms. The molecule has 9 rings (SSSR count). The van der Waals surface area contributed by atoms with Gasteiger partial charge in [-0.05, 0) is 117 Å². The van der Waals surface area contributed by atoms with Crippen molar-refractivity contribution >= 4 is 43.7 Å². The lowest BCUT2D eigenvalue weighted by Crippen LogP contribution is -2.29. The first-order valence-corrected chi connectivity index (χ1v) is 16.3. The van der Waals surface area contributed by atoms with Crippen LogP contribution in [-0.2, 0) is 0 Å². The third kappa shape index (κ3) is 4.35. The molecule has 3 aromatic heterocycles. The van der Waals surface area contributed by atoms with Gasteiger partial charge in [0.25, 0.3) is 0 Å². The van der Waals surface area contributed by atoms with Crippen molar-refractivity contribution in [3.05, 3.63) is 108 Å². The minimum atomic E-state index is -2.57. The van der Waals surface area contributed by atoms with E-state index < -0.39 is 19.6 Å². The van der Waals surface area contributed by atoms with Crippen LogP contribution >= 0.6 is 0 Å². The summed E-state index contributed by atoms with van der Waals surface area (Å²) in [6.07, 6.45) is 12.7. The summed E-state index contributed by atoms with van der Waals surface area (Å²) in [5.41, 5.74) is 6.31. The van der Waals surface area contributed by atoms with E-state index in [9.17, 15) is 1.37 Å². The van der Waals surface area contributed by atoms with Crippen molar-refractivity contribution in [3.8, 4) is 16.9 Å². The number of pyridine rings is 1. The standard InChI is InChI=1S/C42H40N2O/c1-27-23-28(2)40-35(24-27)33-10-8-11-34(41(33)45-40)37-25-39-36(26-43-37)32-9-4-5-12-38(32)44(39)31-15-13-29(14-16-31)30-17-21-42(22-18-30)19-6-3-7-20-42/h4-5,8-16,23-26,30H,3,6-7,17-22H2,1-2H3/i1D3,2D3,30D. The topological polar surface area (TPSA) is 31.0 Å². The van der Waals surface area contributed by atoms with Crippen molar-refractivity contribution in [1.29, 1.82) is 0 Å². The van der Waals surface area contributed by atoms with Crippen molar-refractivity contribution in [3.63, 3.8) is 0 Å². The molecule has 0 saturated heterocycles. The lowest BCUT2D eigenvalue weighted by molar-refractivity contribution is 0.114. The Morgan fingerprint density at radius 3 is 2.40 bits per heavy atom. The predicted molar refractivity (Wildman–Crippen MR) is 187 cm³/mol. The second-order valence-electron chi connectivity index (χ2n) is 13.3. The Balaban J connectivity index is 1.15. The monoisotopic (exact) mass is 595 g/mol. The summed E-state index contributed by atoms with van der Waals surface area (Å²) in [4.78, 5) is 4.90. The number of nitrogens with zero attached hydrogens (tertiary/aromatic N) is 2. The van der Waals surface area contributed by atoms with Gasteiger partial charge in [-0.2, -0.15) is 0 Å². The maximum Gasteiger partial charge on any atom is 0.144 e. The number of para-hydroxylation sites is 2. The number of rotatable bonds is 3. The fourth-order valence-electron chi connectivity index (χ4n) is 8.41. The van der Waals surface area contributed by atoms with E-state index in [1.807, 2.05) is 42.6 Å². The van der Waals surface area contributed by atoms with Crippen LogP contribution in [0.2, 0.25) is 0 Å². The lowest BCUT2D eigenvalue weighted by atomic mass is 9.62. The second-order valence-corrected chi connectivity index (χ2v) is 13.3. The highest BCUT2D eigenvalue weighted by molar-refractivity contribution is 6.12. The highest BCUT2D eigenvalue weighted by atomic mass is 16.3. The van der Waals surface area contributed by atoms with Gasteiger partial charge < -0.3 is 8.98 Å². The van der Waals surface area contributed by atoms with Crippen LogP contribution in [0.5, 0.6) is 0 Å². The third-order valence-electron chi connectivity index (χ3n) is 10.8. The molecule has 3 nitrogen and oxygen atoms in total. The number of furan rings is 1. The maximum absolute atomic E-state index is 9.51. The molecule has 0 radical (unpaired) electrons. The quantitative estimate of drug-likeness (QED) is 0.203. The van der Waals surface area contributed by atoms with Crippen LogP contribution in [0.4, 0.5) is 0 Å². The lowest BCUT2D eigenvalue weighted by Gasteiger charge is -2.43. The molecule has 2 aliphatic carbocycles. The molecule has 2 aliphatic rings. The number of fused-ring (bicyclic) bond motifs is 6. The van der Waals surface area contributed by atoms with E-state index in [0.717, 1.165) is 58.7 Å². The van der Waals surface area contributed by atoms with Gasteiger partial charge in [0.05, 0.1) is 16.7 Å². The minimum absolute atomic E-state index is 0.0396. The number of benzene rings is 4. The van der Waals surface area contributed by atoms with Crippen molar-refractivity contribution in [2.75, 3.05) is 0 Å². The molecule has 2 fully saturated rings. The van der Waals surface area contributed by atoms with Gasteiger partial charge in [0.15, 0.2) is 0 Å². The van der Waals surface area contributed by atoms with Crippen LogP contribution in [0, 0.1) is 19.1 Å². The summed E-state index contributed by atoms with van der Waals surface area (Å²) in [6, 6.07) is 27.2. The van der Waals surface area contributed by atoms with E-state index in [4.69, 9.17) is 17.6 Å². The molecule has 224 valence electrons. The number of aryl methyl sites for hydroxylation is 2. The van der Waals surface area contributed by atoms with Crippen molar-refractivity contribution in [2.45, 2.75) is 77.4 Å². The van der Waals surface area contributed by atoms with Crippen LogP contribution in [0.1, 0.15) is 90.0 Å². The fourth-order valence-corrected chi connectivity index (χ4v) is 8.41. The first-order valence-electron chi connectivity index (χ1n) is 19.8. The number of aromatic nitrogens is 2. The average Bonchev–Trinajstić information content (AvgIpc) is 3.68. The molecule has 0 aliphatic heterocycles. The van der Waals surface area contributed by atoms with E-state index in [0.29, 0.717) is 33.0 Å². The molecule has 0 unspecified atom stereocenters. The van der Waals surface area contributed by atoms with Gasteiger partial charge in [-0.1, -0.05) is 67.8 Å². The summed E-state index contributed by atoms with van der Waals surface area (Å²) in [6.45, 7) is -5.06. The smallest absolute Gasteiger partial charge is 0.144 e. The highest BCUT2D eigenvalue weighted by Gasteiger charge is 2.36. The number of hydrogen-bond acceptors (Lipinski definition) is 2. The summed E-state index contributed by atoms with van der Waals surface area (Å²) in [5, 5.41) is 3.15. The largest absolute Gasteiger partial charge is 0.455 e. The molecule has 0 N–H and O–H groups in total. The molecule has 7 aromatic rings. The zero-order chi connectivity index (χ0) is 36.0. The van der Waals surface area contributed by atoms with Crippen molar-refractivity contribution in [2.24, 2.45) is 5.41 Å². The first kappa shape index (κ1) is 20.6. The Hall–Kier alpha value is -4.37. The van der Waals surface area contributed by atoms with E-state index >= 15 is 0 Å². The highest BCUT2D eigenvalue weighted by Crippen LogP contribution is 2.51.